The van der Waals surface area contributed by atoms with Crippen molar-refractivity contribution in [2.45, 2.75) is 12.8 Å². The van der Waals surface area contributed by atoms with Crippen molar-refractivity contribution in [3.8, 4) is 11.5 Å². The molecular weight excluding hydrogens is 477 g/mol. The van der Waals surface area contributed by atoms with Gasteiger partial charge in [-0.15, -0.1) is 0 Å². The molecule has 0 saturated carbocycles. The van der Waals surface area contributed by atoms with E-state index in [1.807, 2.05) is 30.3 Å². The number of methoxy groups -OCH3 is 1. The Morgan fingerprint density at radius 3 is 2.44 bits per heavy atom. The molecule has 0 aliphatic heterocycles. The summed E-state index contributed by atoms with van der Waals surface area (Å²) in [5, 5.41) is 1.78. The van der Waals surface area contributed by atoms with Crippen LogP contribution in [0, 0.1) is 0 Å². The van der Waals surface area contributed by atoms with Crippen molar-refractivity contribution in [3.63, 3.8) is 0 Å². The van der Waals surface area contributed by atoms with E-state index in [1.165, 1.54) is 25.3 Å². The molecule has 0 radical (unpaired) electrons. The quantitative estimate of drug-likeness (QED) is 0.436. The summed E-state index contributed by atoms with van der Waals surface area (Å²) in [6.45, 7) is -0.422. The SMILES string of the molecule is COc1cc(C(=O)OCC(=O)Nc2ncc(C(F)(F)F)cc2Cl)ccc1OCc1ccccc1. The molecule has 3 rings (SSSR count). The summed E-state index contributed by atoms with van der Waals surface area (Å²) in [5.74, 6) is -1.26. The van der Waals surface area contributed by atoms with Gasteiger partial charge in [0.1, 0.15) is 6.61 Å². The minimum Gasteiger partial charge on any atom is -0.493 e. The van der Waals surface area contributed by atoms with E-state index in [4.69, 9.17) is 25.8 Å². The van der Waals surface area contributed by atoms with Crippen molar-refractivity contribution in [1.29, 1.82) is 0 Å². The first kappa shape index (κ1) is 24.8. The molecule has 0 aliphatic carbocycles. The summed E-state index contributed by atoms with van der Waals surface area (Å²) in [4.78, 5) is 27.8. The lowest BCUT2D eigenvalue weighted by molar-refractivity contribution is -0.137. The number of rotatable bonds is 8. The maximum atomic E-state index is 12.7. The van der Waals surface area contributed by atoms with Gasteiger partial charge in [-0.3, -0.25) is 4.79 Å². The highest BCUT2D eigenvalue weighted by molar-refractivity contribution is 6.33. The summed E-state index contributed by atoms with van der Waals surface area (Å²) in [5.41, 5.74) is -0.0174. The van der Waals surface area contributed by atoms with E-state index in [-0.39, 0.29) is 17.1 Å². The number of nitrogens with one attached hydrogen (secondary N) is 1. The normalized spacial score (nSPS) is 11.0. The van der Waals surface area contributed by atoms with Crippen molar-refractivity contribution >= 4 is 29.3 Å². The third kappa shape index (κ3) is 6.61. The maximum Gasteiger partial charge on any atom is 0.417 e. The molecule has 34 heavy (non-hydrogen) atoms. The van der Waals surface area contributed by atoms with E-state index in [2.05, 4.69) is 10.3 Å². The second-order valence-electron chi connectivity index (χ2n) is 6.82. The number of benzene rings is 2. The molecule has 0 unspecified atom stereocenters. The van der Waals surface area contributed by atoms with Crippen molar-refractivity contribution in [2.75, 3.05) is 19.0 Å². The first-order valence-electron chi connectivity index (χ1n) is 9.72. The van der Waals surface area contributed by atoms with Gasteiger partial charge in [0, 0.05) is 6.20 Å². The molecule has 7 nitrogen and oxygen atoms in total. The summed E-state index contributed by atoms with van der Waals surface area (Å²) in [6, 6.07) is 14.5. The van der Waals surface area contributed by atoms with Crippen LogP contribution in [0.5, 0.6) is 11.5 Å². The monoisotopic (exact) mass is 494 g/mol. The Morgan fingerprint density at radius 1 is 1.06 bits per heavy atom. The number of aromatic nitrogens is 1. The van der Waals surface area contributed by atoms with Gasteiger partial charge in [-0.2, -0.15) is 13.2 Å². The number of alkyl halides is 3. The molecular formula is C23H18ClF3N2O5. The van der Waals surface area contributed by atoms with Crippen LogP contribution in [0.15, 0.2) is 60.8 Å². The third-order valence-electron chi connectivity index (χ3n) is 4.40. The minimum absolute atomic E-state index is 0.0994. The van der Waals surface area contributed by atoms with E-state index in [0.29, 0.717) is 24.6 Å². The fraction of sp³-hybridized carbons (Fsp3) is 0.174. The largest absolute Gasteiger partial charge is 0.493 e. The average molecular weight is 495 g/mol. The lowest BCUT2D eigenvalue weighted by atomic mass is 10.2. The molecule has 0 spiro atoms. The van der Waals surface area contributed by atoms with Crippen LogP contribution in [0.25, 0.3) is 0 Å². The number of anilines is 1. The van der Waals surface area contributed by atoms with Gasteiger partial charge in [-0.1, -0.05) is 41.9 Å². The zero-order valence-corrected chi connectivity index (χ0v) is 18.4. The molecule has 11 heteroatoms. The summed E-state index contributed by atoms with van der Waals surface area (Å²) >= 11 is 5.74. The molecule has 3 aromatic rings. The van der Waals surface area contributed by atoms with Gasteiger partial charge in [0.05, 0.1) is 23.3 Å². The summed E-state index contributed by atoms with van der Waals surface area (Å²) in [7, 11) is 1.41. The third-order valence-corrected chi connectivity index (χ3v) is 4.69. The number of hydrogen-bond donors (Lipinski definition) is 1. The predicted molar refractivity (Wildman–Crippen MR) is 117 cm³/mol. The molecule has 1 aromatic heterocycles. The van der Waals surface area contributed by atoms with Gasteiger partial charge in [0.2, 0.25) is 0 Å². The van der Waals surface area contributed by atoms with Crippen molar-refractivity contribution in [2.24, 2.45) is 0 Å². The van der Waals surface area contributed by atoms with Crippen LogP contribution in [-0.2, 0) is 22.3 Å². The van der Waals surface area contributed by atoms with Crippen LogP contribution in [0.1, 0.15) is 21.5 Å². The molecule has 0 bridgehead atoms. The van der Waals surface area contributed by atoms with E-state index < -0.39 is 35.2 Å². The number of hydrogen-bond acceptors (Lipinski definition) is 6. The Morgan fingerprint density at radius 2 is 1.79 bits per heavy atom. The number of ether oxygens (including phenoxy) is 3. The summed E-state index contributed by atoms with van der Waals surface area (Å²) < 4.78 is 54.0. The first-order valence-corrected chi connectivity index (χ1v) is 10.1. The van der Waals surface area contributed by atoms with Gasteiger partial charge in [-0.05, 0) is 29.8 Å². The fourth-order valence-corrected chi connectivity index (χ4v) is 2.93. The number of nitrogens with zero attached hydrogens (tertiary/aromatic N) is 1. The van der Waals surface area contributed by atoms with Crippen LogP contribution >= 0.6 is 11.6 Å². The number of halogens is 4. The Hall–Kier alpha value is -3.79. The topological polar surface area (TPSA) is 86.8 Å². The molecule has 0 aliphatic rings. The van der Waals surface area contributed by atoms with Crippen LogP contribution in [-0.4, -0.2) is 30.6 Å². The minimum atomic E-state index is -4.63. The number of pyridine rings is 1. The molecule has 0 fully saturated rings. The number of carbonyl (C=O) groups excluding carboxylic acids is 2. The van der Waals surface area contributed by atoms with Crippen molar-refractivity contribution in [3.05, 3.63) is 82.5 Å². The number of amides is 1. The van der Waals surface area contributed by atoms with Crippen LogP contribution < -0.4 is 14.8 Å². The fourth-order valence-electron chi connectivity index (χ4n) is 2.72. The van der Waals surface area contributed by atoms with Gasteiger partial charge >= 0.3 is 12.1 Å². The Bertz CT molecular complexity index is 1170. The van der Waals surface area contributed by atoms with E-state index >= 15 is 0 Å². The number of carbonyl (C=O) groups is 2. The van der Waals surface area contributed by atoms with Crippen LogP contribution in [0.3, 0.4) is 0 Å². The van der Waals surface area contributed by atoms with Gasteiger partial charge in [-0.25, -0.2) is 9.78 Å². The van der Waals surface area contributed by atoms with Gasteiger partial charge in [0.15, 0.2) is 23.9 Å². The molecule has 1 N–H and O–H groups in total. The van der Waals surface area contributed by atoms with Crippen LogP contribution in [0.4, 0.5) is 19.0 Å². The Labute approximate surface area is 197 Å². The highest BCUT2D eigenvalue weighted by Gasteiger charge is 2.31. The highest BCUT2D eigenvalue weighted by atomic mass is 35.5. The lowest BCUT2D eigenvalue weighted by Crippen LogP contribution is -2.22. The zero-order valence-electron chi connectivity index (χ0n) is 17.7. The standard InChI is InChI=1S/C23H18ClF3N2O5/c1-32-19-9-15(7-8-18(19)33-12-14-5-3-2-4-6-14)22(31)34-13-20(30)29-21-17(24)10-16(11-28-21)23(25,26)27/h2-11H,12-13H2,1H3,(H,28,29,30). The smallest absolute Gasteiger partial charge is 0.417 e. The number of esters is 1. The molecule has 0 saturated heterocycles. The maximum absolute atomic E-state index is 12.7. The van der Waals surface area contributed by atoms with Gasteiger partial charge in [0.25, 0.3) is 5.91 Å². The van der Waals surface area contributed by atoms with Gasteiger partial charge < -0.3 is 19.5 Å². The first-order chi connectivity index (χ1) is 16.2. The van der Waals surface area contributed by atoms with Crippen molar-refractivity contribution in [1.82, 2.24) is 4.98 Å². The lowest BCUT2D eigenvalue weighted by Gasteiger charge is -2.12. The molecule has 178 valence electrons. The molecule has 2 aromatic carbocycles. The second-order valence-corrected chi connectivity index (χ2v) is 7.22. The predicted octanol–water partition coefficient (Wildman–Crippen LogP) is 5.14. The average Bonchev–Trinajstić information content (AvgIpc) is 2.82. The molecule has 1 heterocycles. The van der Waals surface area contributed by atoms with E-state index in [1.54, 1.807) is 0 Å². The Balaban J connectivity index is 1.57. The highest BCUT2D eigenvalue weighted by Crippen LogP contribution is 2.32. The Kier molecular flexibility index (Phi) is 7.95. The van der Waals surface area contributed by atoms with Crippen molar-refractivity contribution < 1.29 is 37.0 Å². The zero-order chi connectivity index (χ0) is 24.7. The second kappa shape index (κ2) is 10.9. The molecule has 1 amide bonds. The van der Waals surface area contributed by atoms with E-state index in [9.17, 15) is 22.8 Å². The molecule has 0 atom stereocenters. The van der Waals surface area contributed by atoms with E-state index in [0.717, 1.165) is 5.56 Å². The summed E-state index contributed by atoms with van der Waals surface area (Å²) in [6.07, 6.45) is -4.10. The van der Waals surface area contributed by atoms with Crippen LogP contribution in [0.2, 0.25) is 5.02 Å².